The third kappa shape index (κ3) is 2.42. The standard InChI is InChI=1S/C8H15N3O2/c1-13-3-2-11-5-6(8(9)10)4-7(11)12/h6H,2-5H2,1H3,(H3,9,10)/t6-/m1/s1. The SMILES string of the molecule is COCCN1C[C@H](C(=N)N)CC1=O. The zero-order chi connectivity index (χ0) is 9.84. The van der Waals surface area contributed by atoms with Gasteiger partial charge in [0.25, 0.3) is 0 Å². The lowest BCUT2D eigenvalue weighted by Crippen LogP contribution is -2.30. The number of nitrogens with one attached hydrogen (secondary N) is 1. The van der Waals surface area contributed by atoms with E-state index in [0.29, 0.717) is 26.1 Å². The Bertz CT molecular complexity index is 217. The summed E-state index contributed by atoms with van der Waals surface area (Å²) in [5.41, 5.74) is 5.32. The van der Waals surface area contributed by atoms with Crippen LogP contribution in [0.2, 0.25) is 0 Å². The van der Waals surface area contributed by atoms with E-state index in [1.165, 1.54) is 0 Å². The maximum Gasteiger partial charge on any atom is 0.223 e. The number of amides is 1. The number of ether oxygens (including phenoxy) is 1. The van der Waals surface area contributed by atoms with E-state index in [2.05, 4.69) is 0 Å². The molecule has 0 aromatic carbocycles. The van der Waals surface area contributed by atoms with Crippen molar-refractivity contribution in [2.75, 3.05) is 26.8 Å². The van der Waals surface area contributed by atoms with Crippen molar-refractivity contribution >= 4 is 11.7 Å². The van der Waals surface area contributed by atoms with Gasteiger partial charge >= 0.3 is 0 Å². The molecule has 0 bridgehead atoms. The van der Waals surface area contributed by atoms with E-state index in [0.717, 1.165) is 0 Å². The van der Waals surface area contributed by atoms with Gasteiger partial charge < -0.3 is 15.4 Å². The molecule has 0 saturated carbocycles. The summed E-state index contributed by atoms with van der Waals surface area (Å²) >= 11 is 0. The fourth-order valence-corrected chi connectivity index (χ4v) is 1.40. The highest BCUT2D eigenvalue weighted by atomic mass is 16.5. The van der Waals surface area contributed by atoms with Crippen LogP contribution in [0.15, 0.2) is 0 Å². The quantitative estimate of drug-likeness (QED) is 0.454. The molecular weight excluding hydrogens is 170 g/mol. The highest BCUT2D eigenvalue weighted by Crippen LogP contribution is 2.16. The molecule has 0 unspecified atom stereocenters. The molecule has 1 amide bonds. The van der Waals surface area contributed by atoms with Gasteiger partial charge in [-0.05, 0) is 0 Å². The van der Waals surface area contributed by atoms with E-state index in [1.807, 2.05) is 0 Å². The number of methoxy groups -OCH3 is 1. The van der Waals surface area contributed by atoms with Crippen LogP contribution in [0.4, 0.5) is 0 Å². The van der Waals surface area contributed by atoms with Crippen LogP contribution in [-0.2, 0) is 9.53 Å². The molecule has 1 atom stereocenters. The number of hydrogen-bond donors (Lipinski definition) is 2. The highest BCUT2D eigenvalue weighted by molar-refractivity contribution is 5.89. The Labute approximate surface area is 77.3 Å². The van der Waals surface area contributed by atoms with Gasteiger partial charge in [-0.2, -0.15) is 0 Å². The fraction of sp³-hybridized carbons (Fsp3) is 0.750. The van der Waals surface area contributed by atoms with Crippen molar-refractivity contribution in [2.24, 2.45) is 11.7 Å². The maximum absolute atomic E-state index is 11.3. The first-order valence-electron chi connectivity index (χ1n) is 4.25. The van der Waals surface area contributed by atoms with Crippen LogP contribution >= 0.6 is 0 Å². The van der Waals surface area contributed by atoms with E-state index < -0.39 is 0 Å². The average Bonchev–Trinajstić information content (AvgIpc) is 2.44. The largest absolute Gasteiger partial charge is 0.387 e. The van der Waals surface area contributed by atoms with Crippen molar-refractivity contribution in [1.82, 2.24) is 4.90 Å². The van der Waals surface area contributed by atoms with Crippen LogP contribution in [0.1, 0.15) is 6.42 Å². The minimum absolute atomic E-state index is 0.0669. The third-order valence-corrected chi connectivity index (χ3v) is 2.22. The lowest BCUT2D eigenvalue weighted by atomic mass is 10.1. The summed E-state index contributed by atoms with van der Waals surface area (Å²) in [6.07, 6.45) is 0.374. The molecule has 1 heterocycles. The Balaban J connectivity index is 2.42. The zero-order valence-corrected chi connectivity index (χ0v) is 7.75. The molecule has 1 rings (SSSR count). The number of carbonyl (C=O) groups excluding carboxylic acids is 1. The summed E-state index contributed by atoms with van der Waals surface area (Å²) in [6.45, 7) is 1.70. The minimum atomic E-state index is -0.0932. The lowest BCUT2D eigenvalue weighted by Gasteiger charge is -2.15. The highest BCUT2D eigenvalue weighted by Gasteiger charge is 2.30. The Morgan fingerprint density at radius 3 is 3.00 bits per heavy atom. The molecule has 0 spiro atoms. The van der Waals surface area contributed by atoms with Gasteiger partial charge in [-0.1, -0.05) is 0 Å². The van der Waals surface area contributed by atoms with Crippen molar-refractivity contribution in [2.45, 2.75) is 6.42 Å². The number of nitrogens with zero attached hydrogens (tertiary/aromatic N) is 1. The van der Waals surface area contributed by atoms with Gasteiger partial charge in [-0.15, -0.1) is 0 Å². The third-order valence-electron chi connectivity index (χ3n) is 2.22. The normalized spacial score (nSPS) is 22.4. The van der Waals surface area contributed by atoms with Crippen LogP contribution in [0.25, 0.3) is 0 Å². The summed E-state index contributed by atoms with van der Waals surface area (Å²) < 4.78 is 4.87. The molecule has 74 valence electrons. The van der Waals surface area contributed by atoms with Gasteiger partial charge in [0.15, 0.2) is 0 Å². The second kappa shape index (κ2) is 4.23. The summed E-state index contributed by atoms with van der Waals surface area (Å²) in [4.78, 5) is 13.0. The Hall–Kier alpha value is -1.10. The van der Waals surface area contributed by atoms with Gasteiger partial charge in [0, 0.05) is 32.5 Å². The molecule has 0 radical (unpaired) electrons. The van der Waals surface area contributed by atoms with Crippen molar-refractivity contribution < 1.29 is 9.53 Å². The molecular formula is C8H15N3O2. The maximum atomic E-state index is 11.3. The van der Waals surface area contributed by atoms with E-state index in [1.54, 1.807) is 12.0 Å². The first-order chi connectivity index (χ1) is 6.15. The smallest absolute Gasteiger partial charge is 0.223 e. The predicted octanol–water partition coefficient (Wildman–Crippen LogP) is -0.583. The van der Waals surface area contributed by atoms with Crippen LogP contribution in [0, 0.1) is 11.3 Å². The Kier molecular flexibility index (Phi) is 3.25. The first-order valence-corrected chi connectivity index (χ1v) is 4.25. The van der Waals surface area contributed by atoms with Gasteiger partial charge in [-0.3, -0.25) is 10.2 Å². The van der Waals surface area contributed by atoms with E-state index in [-0.39, 0.29) is 17.7 Å². The minimum Gasteiger partial charge on any atom is -0.387 e. The molecule has 0 aliphatic carbocycles. The number of likely N-dealkylation sites (tertiary alicyclic amines) is 1. The Morgan fingerprint density at radius 1 is 1.85 bits per heavy atom. The average molecular weight is 185 g/mol. The Morgan fingerprint density at radius 2 is 2.54 bits per heavy atom. The molecule has 5 heteroatoms. The summed E-state index contributed by atoms with van der Waals surface area (Å²) in [5, 5.41) is 7.22. The van der Waals surface area contributed by atoms with Crippen molar-refractivity contribution in [3.63, 3.8) is 0 Å². The molecule has 0 aromatic heterocycles. The zero-order valence-electron chi connectivity index (χ0n) is 7.75. The summed E-state index contributed by atoms with van der Waals surface area (Å²) in [6, 6.07) is 0. The monoisotopic (exact) mass is 185 g/mol. The van der Waals surface area contributed by atoms with Crippen molar-refractivity contribution in [3.05, 3.63) is 0 Å². The van der Waals surface area contributed by atoms with E-state index in [4.69, 9.17) is 15.9 Å². The predicted molar refractivity (Wildman–Crippen MR) is 48.5 cm³/mol. The topological polar surface area (TPSA) is 79.4 Å². The van der Waals surface area contributed by atoms with Crippen LogP contribution in [0.3, 0.4) is 0 Å². The number of rotatable bonds is 4. The van der Waals surface area contributed by atoms with Crippen LogP contribution in [0.5, 0.6) is 0 Å². The van der Waals surface area contributed by atoms with E-state index >= 15 is 0 Å². The summed E-state index contributed by atoms with van der Waals surface area (Å²) in [7, 11) is 1.60. The molecule has 1 aliphatic heterocycles. The molecule has 1 aliphatic rings. The molecule has 3 N–H and O–H groups in total. The van der Waals surface area contributed by atoms with Crippen LogP contribution < -0.4 is 5.73 Å². The number of nitrogens with two attached hydrogens (primary N) is 1. The number of hydrogen-bond acceptors (Lipinski definition) is 3. The molecule has 5 nitrogen and oxygen atoms in total. The number of amidine groups is 1. The first kappa shape index (κ1) is 9.98. The van der Waals surface area contributed by atoms with Gasteiger partial charge in [0.1, 0.15) is 0 Å². The van der Waals surface area contributed by atoms with Crippen molar-refractivity contribution in [3.8, 4) is 0 Å². The lowest BCUT2D eigenvalue weighted by molar-refractivity contribution is -0.128. The van der Waals surface area contributed by atoms with E-state index in [9.17, 15) is 4.79 Å². The second-order valence-electron chi connectivity index (χ2n) is 3.19. The molecule has 1 fully saturated rings. The summed E-state index contributed by atoms with van der Waals surface area (Å²) in [5.74, 6) is 0.0786. The fourth-order valence-electron chi connectivity index (χ4n) is 1.40. The van der Waals surface area contributed by atoms with Gasteiger partial charge in [-0.25, -0.2) is 0 Å². The molecule has 1 saturated heterocycles. The molecule has 0 aromatic rings. The molecule has 13 heavy (non-hydrogen) atoms. The van der Waals surface area contributed by atoms with Crippen LogP contribution in [-0.4, -0.2) is 43.4 Å². The van der Waals surface area contributed by atoms with Crippen molar-refractivity contribution in [1.29, 1.82) is 5.41 Å². The number of carbonyl (C=O) groups is 1. The van der Waals surface area contributed by atoms with Gasteiger partial charge in [0.05, 0.1) is 12.4 Å². The van der Waals surface area contributed by atoms with Gasteiger partial charge in [0.2, 0.25) is 5.91 Å². The second-order valence-corrected chi connectivity index (χ2v) is 3.19.